The minimum Gasteiger partial charge on any atom is -0.388 e. The highest BCUT2D eigenvalue weighted by molar-refractivity contribution is 5.75. The number of nitrogens with two attached hydrogens (primary N) is 1. The summed E-state index contributed by atoms with van der Waals surface area (Å²) in [6.45, 7) is 5.96. The Labute approximate surface area is 148 Å². The summed E-state index contributed by atoms with van der Waals surface area (Å²) in [4.78, 5) is 26.8. The number of hydrogen-bond donors (Lipinski definition) is 2. The Morgan fingerprint density at radius 1 is 1.24 bits per heavy atom. The van der Waals surface area contributed by atoms with Gasteiger partial charge in [0.05, 0.1) is 12.0 Å². The Hall–Kier alpha value is -1.77. The van der Waals surface area contributed by atoms with E-state index in [0.29, 0.717) is 19.5 Å². The molecule has 1 unspecified atom stereocenters. The van der Waals surface area contributed by atoms with Crippen LogP contribution in [0.25, 0.3) is 0 Å². The lowest BCUT2D eigenvalue weighted by Crippen LogP contribution is -2.49. The van der Waals surface area contributed by atoms with Gasteiger partial charge in [0.15, 0.2) is 0 Å². The molecule has 3 N–H and O–H groups in total. The number of piperazine rings is 1. The number of hydrogen-bond acceptors (Lipinski definition) is 7. The van der Waals surface area contributed by atoms with E-state index in [4.69, 9.17) is 5.73 Å². The number of nitrogens with zero attached hydrogens (tertiary/aromatic N) is 5. The van der Waals surface area contributed by atoms with Gasteiger partial charge in [-0.3, -0.25) is 9.69 Å². The van der Waals surface area contributed by atoms with Gasteiger partial charge >= 0.3 is 0 Å². The molecule has 3 heterocycles. The first-order valence-electron chi connectivity index (χ1n) is 8.91. The highest BCUT2D eigenvalue weighted by Crippen LogP contribution is 2.25. The van der Waals surface area contributed by atoms with Crippen LogP contribution in [0.2, 0.25) is 0 Å². The zero-order chi connectivity index (χ0) is 17.9. The quantitative estimate of drug-likeness (QED) is 0.735. The number of β-amino-alcohol motifs (C(OH)–C–C–N with tert-alkyl or cyclic N) is 1. The smallest absolute Gasteiger partial charge is 0.225 e. The molecular weight excluding hydrogens is 320 g/mol. The molecule has 25 heavy (non-hydrogen) atoms. The van der Waals surface area contributed by atoms with Gasteiger partial charge in [0, 0.05) is 57.2 Å². The Morgan fingerprint density at radius 3 is 2.56 bits per heavy atom. The second kappa shape index (κ2) is 7.63. The van der Waals surface area contributed by atoms with E-state index in [0.717, 1.165) is 50.7 Å². The molecule has 138 valence electrons. The maximum absolute atomic E-state index is 11.2. The molecule has 0 saturated carbocycles. The minimum atomic E-state index is -1.01. The number of carbonyl (C=O) groups excluding carboxylic acids is 1. The molecule has 0 spiro atoms. The normalized spacial score (nSPS) is 25.9. The van der Waals surface area contributed by atoms with E-state index in [-0.39, 0.29) is 6.42 Å². The van der Waals surface area contributed by atoms with Crippen LogP contribution in [0.1, 0.15) is 24.8 Å². The summed E-state index contributed by atoms with van der Waals surface area (Å²) in [7, 11) is 2.12. The van der Waals surface area contributed by atoms with Crippen LogP contribution < -0.4 is 10.6 Å². The van der Waals surface area contributed by atoms with Crippen molar-refractivity contribution in [3.05, 3.63) is 18.0 Å². The van der Waals surface area contributed by atoms with Crippen LogP contribution in [-0.4, -0.2) is 82.7 Å². The van der Waals surface area contributed by atoms with E-state index in [9.17, 15) is 9.90 Å². The third kappa shape index (κ3) is 4.87. The van der Waals surface area contributed by atoms with Crippen molar-refractivity contribution in [1.29, 1.82) is 0 Å². The largest absolute Gasteiger partial charge is 0.388 e. The van der Waals surface area contributed by atoms with Gasteiger partial charge in [-0.25, -0.2) is 9.97 Å². The molecular formula is C17H28N6O2. The van der Waals surface area contributed by atoms with Crippen molar-refractivity contribution >= 4 is 11.9 Å². The van der Waals surface area contributed by atoms with Gasteiger partial charge in [-0.1, -0.05) is 0 Å². The van der Waals surface area contributed by atoms with Crippen molar-refractivity contribution in [2.45, 2.75) is 31.4 Å². The van der Waals surface area contributed by atoms with Gasteiger partial charge in [-0.15, -0.1) is 0 Å². The lowest BCUT2D eigenvalue weighted by Gasteiger charge is -2.38. The number of rotatable bonds is 5. The lowest BCUT2D eigenvalue weighted by atomic mass is 9.89. The Morgan fingerprint density at radius 2 is 1.92 bits per heavy atom. The van der Waals surface area contributed by atoms with Gasteiger partial charge in [-0.05, 0) is 26.4 Å². The highest BCUT2D eigenvalue weighted by Gasteiger charge is 2.34. The molecule has 8 nitrogen and oxygen atoms in total. The van der Waals surface area contributed by atoms with Crippen LogP contribution in [0.5, 0.6) is 0 Å². The predicted molar refractivity (Wildman–Crippen MR) is 95.0 cm³/mol. The number of likely N-dealkylation sites (N-methyl/N-ethyl adjacent to an activating group) is 1. The topological polar surface area (TPSA) is 98.8 Å². The molecule has 1 aromatic heterocycles. The van der Waals surface area contributed by atoms with Crippen LogP contribution in [0, 0.1) is 0 Å². The van der Waals surface area contributed by atoms with Crippen LogP contribution in [0.15, 0.2) is 12.4 Å². The number of primary amides is 1. The summed E-state index contributed by atoms with van der Waals surface area (Å²) in [5.74, 6) is 0.324. The molecule has 8 heteroatoms. The van der Waals surface area contributed by atoms with Crippen LogP contribution in [0.4, 0.5) is 5.95 Å². The zero-order valence-corrected chi connectivity index (χ0v) is 14.9. The fourth-order valence-electron chi connectivity index (χ4n) is 3.67. The number of anilines is 1. The van der Waals surface area contributed by atoms with Gasteiger partial charge < -0.3 is 20.6 Å². The Balaban J connectivity index is 1.57. The lowest BCUT2D eigenvalue weighted by molar-refractivity contribution is -0.125. The Bertz CT molecular complexity index is 587. The molecule has 1 amide bonds. The van der Waals surface area contributed by atoms with Crippen molar-refractivity contribution in [1.82, 2.24) is 19.8 Å². The number of carbonyl (C=O) groups is 1. The fraction of sp³-hybridized carbons (Fsp3) is 0.706. The highest BCUT2D eigenvalue weighted by atomic mass is 16.3. The maximum Gasteiger partial charge on any atom is 0.225 e. The van der Waals surface area contributed by atoms with Crippen molar-refractivity contribution in [3.8, 4) is 0 Å². The number of aliphatic hydroxyl groups is 1. The SMILES string of the molecule is CN1CCN(c2ncc(CN3CCCC(O)(CC(N)=O)C3)cn2)CC1. The molecule has 3 rings (SSSR count). The van der Waals surface area contributed by atoms with Crippen LogP contribution in [0.3, 0.4) is 0 Å². The van der Waals surface area contributed by atoms with Crippen molar-refractivity contribution in [2.24, 2.45) is 5.73 Å². The molecule has 0 aromatic carbocycles. The van der Waals surface area contributed by atoms with E-state index >= 15 is 0 Å². The summed E-state index contributed by atoms with van der Waals surface area (Å²) in [5.41, 5.74) is 5.26. The average molecular weight is 348 g/mol. The predicted octanol–water partition coefficient (Wildman–Crippen LogP) is -0.569. The standard InChI is InChI=1S/C17H28N6O2/c1-21-5-7-23(8-6-21)16-19-10-14(11-20-16)12-22-4-2-3-17(25,13-22)9-15(18)24/h10-11,25H,2-9,12-13H2,1H3,(H2,18,24). The molecule has 0 aliphatic carbocycles. The Kier molecular flexibility index (Phi) is 5.51. The second-order valence-corrected chi connectivity index (χ2v) is 7.36. The third-order valence-electron chi connectivity index (χ3n) is 5.02. The first-order chi connectivity index (χ1) is 11.9. The molecule has 2 aliphatic rings. The van der Waals surface area contributed by atoms with Crippen molar-refractivity contribution in [2.75, 3.05) is 51.2 Å². The van der Waals surface area contributed by atoms with E-state index in [1.54, 1.807) is 0 Å². The summed E-state index contributed by atoms with van der Waals surface area (Å²) in [6, 6.07) is 0. The van der Waals surface area contributed by atoms with E-state index in [2.05, 4.69) is 31.7 Å². The molecule has 2 aliphatic heterocycles. The van der Waals surface area contributed by atoms with Crippen LogP contribution in [-0.2, 0) is 11.3 Å². The van der Waals surface area contributed by atoms with Crippen molar-refractivity contribution < 1.29 is 9.90 Å². The van der Waals surface area contributed by atoms with Gasteiger partial charge in [0.1, 0.15) is 0 Å². The second-order valence-electron chi connectivity index (χ2n) is 7.36. The minimum absolute atomic E-state index is 0.0162. The molecule has 0 radical (unpaired) electrons. The summed E-state index contributed by atoms with van der Waals surface area (Å²) in [6.07, 6.45) is 5.21. The number of aromatic nitrogens is 2. The van der Waals surface area contributed by atoms with Crippen LogP contribution >= 0.6 is 0 Å². The van der Waals surface area contributed by atoms with Gasteiger partial charge in [-0.2, -0.15) is 0 Å². The molecule has 2 fully saturated rings. The zero-order valence-electron chi connectivity index (χ0n) is 14.9. The van der Waals surface area contributed by atoms with E-state index < -0.39 is 11.5 Å². The maximum atomic E-state index is 11.2. The van der Waals surface area contributed by atoms with Gasteiger partial charge in [0.2, 0.25) is 11.9 Å². The number of piperidine rings is 1. The first kappa shape index (κ1) is 18.0. The monoisotopic (exact) mass is 348 g/mol. The van der Waals surface area contributed by atoms with Gasteiger partial charge in [0.25, 0.3) is 0 Å². The average Bonchev–Trinajstić information content (AvgIpc) is 2.55. The molecule has 1 atom stereocenters. The summed E-state index contributed by atoms with van der Waals surface area (Å²) in [5, 5.41) is 10.5. The van der Waals surface area contributed by atoms with E-state index in [1.807, 2.05) is 12.4 Å². The number of likely N-dealkylation sites (tertiary alicyclic amines) is 1. The molecule has 0 bridgehead atoms. The number of amides is 1. The van der Waals surface area contributed by atoms with Crippen molar-refractivity contribution in [3.63, 3.8) is 0 Å². The van der Waals surface area contributed by atoms with E-state index in [1.165, 1.54) is 0 Å². The fourth-order valence-corrected chi connectivity index (χ4v) is 3.67. The summed E-state index contributed by atoms with van der Waals surface area (Å²) < 4.78 is 0. The third-order valence-corrected chi connectivity index (χ3v) is 5.02. The molecule has 2 saturated heterocycles. The summed E-state index contributed by atoms with van der Waals surface area (Å²) >= 11 is 0. The first-order valence-corrected chi connectivity index (χ1v) is 8.91. The molecule has 1 aromatic rings.